The molecular formula is C15H20ClN3O2. The van der Waals surface area contributed by atoms with E-state index in [-0.39, 0.29) is 6.10 Å². The summed E-state index contributed by atoms with van der Waals surface area (Å²) in [5, 5.41) is 4.64. The van der Waals surface area contributed by atoms with Crippen molar-refractivity contribution in [2.24, 2.45) is 5.73 Å². The Hall–Kier alpha value is -1.43. The number of ether oxygens (including phenoxy) is 1. The van der Waals surface area contributed by atoms with Crippen molar-refractivity contribution in [1.82, 2.24) is 10.1 Å². The first-order chi connectivity index (χ1) is 9.81. The third-order valence-corrected chi connectivity index (χ3v) is 3.56. The molecule has 2 aromatic rings. The minimum absolute atomic E-state index is 0.0921. The van der Waals surface area contributed by atoms with Gasteiger partial charge in [0.05, 0.1) is 12.7 Å². The highest BCUT2D eigenvalue weighted by molar-refractivity contribution is 6.31. The van der Waals surface area contributed by atoms with Gasteiger partial charge in [-0.25, -0.2) is 0 Å². The summed E-state index contributed by atoms with van der Waals surface area (Å²) < 4.78 is 10.9. The number of nitrogens with zero attached hydrogens (tertiary/aromatic N) is 2. The molecule has 1 aromatic heterocycles. The number of hydrogen-bond acceptors (Lipinski definition) is 5. The van der Waals surface area contributed by atoms with Gasteiger partial charge in [-0.2, -0.15) is 4.98 Å². The molecule has 1 heterocycles. The monoisotopic (exact) mass is 309 g/mol. The third kappa shape index (κ3) is 3.61. The van der Waals surface area contributed by atoms with Crippen molar-refractivity contribution < 1.29 is 9.26 Å². The Labute approximate surface area is 129 Å². The van der Waals surface area contributed by atoms with E-state index in [2.05, 4.69) is 10.1 Å². The molecule has 0 amide bonds. The summed E-state index contributed by atoms with van der Waals surface area (Å²) in [7, 11) is 0. The van der Waals surface area contributed by atoms with Crippen molar-refractivity contribution in [3.8, 4) is 11.5 Å². The van der Waals surface area contributed by atoms with Crippen LogP contribution in [-0.2, 0) is 10.3 Å². The molecule has 0 saturated heterocycles. The van der Waals surface area contributed by atoms with Gasteiger partial charge in [0, 0.05) is 10.6 Å². The van der Waals surface area contributed by atoms with E-state index in [1.165, 1.54) is 0 Å². The fourth-order valence-electron chi connectivity index (χ4n) is 1.81. The van der Waals surface area contributed by atoms with Crippen LogP contribution in [0.5, 0.6) is 0 Å². The van der Waals surface area contributed by atoms with Crippen molar-refractivity contribution in [2.45, 2.75) is 39.3 Å². The lowest BCUT2D eigenvalue weighted by molar-refractivity contribution is 0.0410. The molecule has 114 valence electrons. The number of aromatic nitrogens is 2. The molecule has 0 bridgehead atoms. The number of nitrogens with two attached hydrogens (primary N) is 1. The van der Waals surface area contributed by atoms with Crippen LogP contribution in [0, 0.1) is 6.92 Å². The number of halogens is 1. The predicted octanol–water partition coefficient (Wildman–Crippen LogP) is 3.30. The molecule has 6 heteroatoms. The van der Waals surface area contributed by atoms with Gasteiger partial charge in [0.2, 0.25) is 0 Å². The summed E-state index contributed by atoms with van der Waals surface area (Å²) in [6.07, 6.45) is 0.0921. The second kappa shape index (κ2) is 6.13. The Morgan fingerprint density at radius 2 is 2.14 bits per heavy atom. The summed E-state index contributed by atoms with van der Waals surface area (Å²) in [4.78, 5) is 4.39. The lowest BCUT2D eigenvalue weighted by Crippen LogP contribution is -2.40. The maximum absolute atomic E-state index is 6.21. The second-order valence-corrected chi connectivity index (χ2v) is 6.02. The van der Waals surface area contributed by atoms with Crippen molar-refractivity contribution >= 4 is 11.6 Å². The quantitative estimate of drug-likeness (QED) is 0.917. The summed E-state index contributed by atoms with van der Waals surface area (Å²) in [5.74, 6) is 0.823. The van der Waals surface area contributed by atoms with E-state index in [1.807, 2.05) is 45.9 Å². The highest BCUT2D eigenvalue weighted by atomic mass is 35.5. The fourth-order valence-corrected chi connectivity index (χ4v) is 1.98. The second-order valence-electron chi connectivity index (χ2n) is 5.61. The zero-order chi connectivity index (χ0) is 15.6. The fraction of sp³-hybridized carbons (Fsp3) is 0.467. The Kier molecular flexibility index (Phi) is 4.66. The van der Waals surface area contributed by atoms with Crippen LogP contribution in [0.15, 0.2) is 22.7 Å². The predicted molar refractivity (Wildman–Crippen MR) is 82.1 cm³/mol. The zero-order valence-electron chi connectivity index (χ0n) is 12.7. The first kappa shape index (κ1) is 15.9. The van der Waals surface area contributed by atoms with Crippen molar-refractivity contribution in [3.63, 3.8) is 0 Å². The van der Waals surface area contributed by atoms with Gasteiger partial charge >= 0.3 is 0 Å². The molecule has 0 saturated carbocycles. The van der Waals surface area contributed by atoms with E-state index in [0.717, 1.165) is 11.1 Å². The molecule has 0 aliphatic heterocycles. The van der Waals surface area contributed by atoms with Crippen molar-refractivity contribution in [1.29, 1.82) is 0 Å². The van der Waals surface area contributed by atoms with Gasteiger partial charge < -0.3 is 15.0 Å². The Balaban J connectivity index is 2.27. The maximum atomic E-state index is 6.21. The summed E-state index contributed by atoms with van der Waals surface area (Å²) >= 11 is 6.11. The van der Waals surface area contributed by atoms with Crippen molar-refractivity contribution in [3.05, 3.63) is 34.6 Å². The summed E-state index contributed by atoms with van der Waals surface area (Å²) in [5.41, 5.74) is 7.10. The molecule has 21 heavy (non-hydrogen) atoms. The average molecular weight is 310 g/mol. The van der Waals surface area contributed by atoms with E-state index < -0.39 is 5.54 Å². The van der Waals surface area contributed by atoms with Crippen LogP contribution in [-0.4, -0.2) is 22.9 Å². The third-order valence-electron chi connectivity index (χ3n) is 3.15. The minimum Gasteiger partial charge on any atom is -0.376 e. The first-order valence-electron chi connectivity index (χ1n) is 6.81. The number of benzene rings is 1. The average Bonchev–Trinajstić information content (AvgIpc) is 2.90. The van der Waals surface area contributed by atoms with E-state index >= 15 is 0 Å². The molecule has 0 fully saturated rings. The van der Waals surface area contributed by atoms with Gasteiger partial charge in [0.15, 0.2) is 5.82 Å². The van der Waals surface area contributed by atoms with Gasteiger partial charge in [-0.3, -0.25) is 0 Å². The molecule has 1 unspecified atom stereocenters. The van der Waals surface area contributed by atoms with Crippen LogP contribution >= 0.6 is 11.6 Å². The standard InChI is InChI=1S/C15H20ClN3O2/c1-9(2)20-8-15(4,17)14-18-13(21-19-14)11-6-5-7-12(16)10(11)3/h5-7,9H,8,17H2,1-4H3. The van der Waals surface area contributed by atoms with E-state index in [4.69, 9.17) is 26.6 Å². The molecule has 2 rings (SSSR count). The van der Waals surface area contributed by atoms with Gasteiger partial charge in [-0.05, 0) is 45.4 Å². The van der Waals surface area contributed by atoms with Crippen molar-refractivity contribution in [2.75, 3.05) is 6.61 Å². The van der Waals surface area contributed by atoms with Crippen LogP contribution < -0.4 is 5.73 Å². The SMILES string of the molecule is Cc1c(Cl)cccc1-c1nc(C(C)(N)COC(C)C)no1. The van der Waals surface area contributed by atoms with Crippen LogP contribution in [0.25, 0.3) is 11.5 Å². The first-order valence-corrected chi connectivity index (χ1v) is 7.19. The summed E-state index contributed by atoms with van der Waals surface area (Å²) in [6, 6.07) is 5.55. The largest absolute Gasteiger partial charge is 0.376 e. The van der Waals surface area contributed by atoms with Gasteiger partial charge in [-0.1, -0.05) is 22.8 Å². The normalized spacial score (nSPS) is 14.4. The topological polar surface area (TPSA) is 74.2 Å². The number of rotatable bonds is 5. The van der Waals surface area contributed by atoms with Crippen LogP contribution in [0.1, 0.15) is 32.2 Å². The Bertz CT molecular complexity index is 623. The lowest BCUT2D eigenvalue weighted by atomic mass is 10.0. The number of hydrogen-bond donors (Lipinski definition) is 1. The highest BCUT2D eigenvalue weighted by Gasteiger charge is 2.29. The molecule has 1 atom stereocenters. The smallest absolute Gasteiger partial charge is 0.258 e. The molecule has 2 N–H and O–H groups in total. The molecule has 1 aromatic carbocycles. The zero-order valence-corrected chi connectivity index (χ0v) is 13.4. The van der Waals surface area contributed by atoms with E-state index in [1.54, 1.807) is 0 Å². The molecule has 0 aliphatic rings. The van der Waals surface area contributed by atoms with E-state index in [0.29, 0.717) is 23.3 Å². The van der Waals surface area contributed by atoms with Crippen LogP contribution in [0.3, 0.4) is 0 Å². The van der Waals surface area contributed by atoms with Gasteiger partial charge in [0.1, 0.15) is 5.54 Å². The molecular weight excluding hydrogens is 290 g/mol. The minimum atomic E-state index is -0.807. The van der Waals surface area contributed by atoms with Crippen LogP contribution in [0.2, 0.25) is 5.02 Å². The summed E-state index contributed by atoms with van der Waals surface area (Å²) in [6.45, 7) is 7.94. The van der Waals surface area contributed by atoms with Gasteiger partial charge in [0.25, 0.3) is 5.89 Å². The van der Waals surface area contributed by atoms with Crippen LogP contribution in [0.4, 0.5) is 0 Å². The van der Waals surface area contributed by atoms with Gasteiger partial charge in [-0.15, -0.1) is 0 Å². The Morgan fingerprint density at radius 1 is 1.43 bits per heavy atom. The van der Waals surface area contributed by atoms with E-state index in [9.17, 15) is 0 Å². The molecule has 0 radical (unpaired) electrons. The molecule has 0 spiro atoms. The molecule has 5 nitrogen and oxygen atoms in total. The Morgan fingerprint density at radius 3 is 2.81 bits per heavy atom. The highest BCUT2D eigenvalue weighted by Crippen LogP contribution is 2.28. The molecule has 0 aliphatic carbocycles. The lowest BCUT2D eigenvalue weighted by Gasteiger charge is -2.21. The maximum Gasteiger partial charge on any atom is 0.258 e.